The molecule has 0 aromatic heterocycles. The summed E-state index contributed by atoms with van der Waals surface area (Å²) in [7, 11) is 0. The van der Waals surface area contributed by atoms with E-state index in [9.17, 15) is 0 Å². The topological polar surface area (TPSA) is 35.2 Å². The molecule has 0 saturated carbocycles. The first-order chi connectivity index (χ1) is 9.90. The van der Waals surface area contributed by atoms with Crippen molar-refractivity contribution in [2.75, 3.05) is 0 Å². The van der Waals surface area contributed by atoms with Crippen LogP contribution < -0.4 is 10.5 Å². The second-order valence-corrected chi connectivity index (χ2v) is 6.55. The summed E-state index contributed by atoms with van der Waals surface area (Å²) in [6, 6.07) is 12.0. The number of rotatable bonds is 4. The maximum Gasteiger partial charge on any atom is 0.138 e. The lowest BCUT2D eigenvalue weighted by molar-refractivity contribution is 0.476. The molecule has 0 bridgehead atoms. The Morgan fingerprint density at radius 1 is 1.19 bits per heavy atom. The van der Waals surface area contributed by atoms with Crippen LogP contribution in [-0.4, -0.2) is 4.99 Å². The van der Waals surface area contributed by atoms with Crippen molar-refractivity contribution in [3.8, 4) is 11.5 Å². The smallest absolute Gasteiger partial charge is 0.138 e. The summed E-state index contributed by atoms with van der Waals surface area (Å²) < 4.78 is 6.91. The summed E-state index contributed by atoms with van der Waals surface area (Å²) in [5.41, 5.74) is 8.85. The number of halogens is 1. The first-order valence-electron chi connectivity index (χ1n) is 6.77. The third-order valence-electron chi connectivity index (χ3n) is 3.32. The number of hydrogen-bond acceptors (Lipinski definition) is 2. The van der Waals surface area contributed by atoms with E-state index in [1.807, 2.05) is 25.1 Å². The molecule has 0 aliphatic heterocycles. The van der Waals surface area contributed by atoms with Gasteiger partial charge < -0.3 is 10.5 Å². The van der Waals surface area contributed by atoms with E-state index in [0.29, 0.717) is 16.7 Å². The second kappa shape index (κ2) is 6.58. The predicted molar refractivity (Wildman–Crippen MR) is 95.4 cm³/mol. The molecule has 2 nitrogen and oxygen atoms in total. The molecule has 2 aromatic carbocycles. The molecule has 0 amide bonds. The van der Waals surface area contributed by atoms with Gasteiger partial charge >= 0.3 is 0 Å². The standard InChI is InChI=1S/C17H18BrNOS/c1-10(2)12-8-7-11(3)15(9-12)20-14-6-4-5-13(18)16(14)17(19)21/h4-10H,1-3H3,(H2,19,21). The van der Waals surface area contributed by atoms with Crippen molar-refractivity contribution in [1.29, 1.82) is 0 Å². The van der Waals surface area contributed by atoms with Crippen LogP contribution in [0.25, 0.3) is 0 Å². The quantitative estimate of drug-likeness (QED) is 0.747. The fourth-order valence-electron chi connectivity index (χ4n) is 2.03. The van der Waals surface area contributed by atoms with E-state index < -0.39 is 0 Å². The predicted octanol–water partition coefficient (Wildman–Crippen LogP) is 5.31. The van der Waals surface area contributed by atoms with Crippen LogP contribution in [0.2, 0.25) is 0 Å². The fourth-order valence-corrected chi connectivity index (χ4v) is 2.94. The van der Waals surface area contributed by atoms with Gasteiger partial charge in [0.25, 0.3) is 0 Å². The van der Waals surface area contributed by atoms with E-state index in [4.69, 9.17) is 22.7 Å². The molecule has 0 atom stereocenters. The third kappa shape index (κ3) is 3.63. The zero-order valence-electron chi connectivity index (χ0n) is 12.3. The highest BCUT2D eigenvalue weighted by molar-refractivity contribution is 9.10. The minimum Gasteiger partial charge on any atom is -0.456 e. The van der Waals surface area contributed by atoms with Gasteiger partial charge in [0.1, 0.15) is 16.5 Å². The molecular formula is C17H18BrNOS. The Morgan fingerprint density at radius 3 is 2.52 bits per heavy atom. The summed E-state index contributed by atoms with van der Waals surface area (Å²) in [6.07, 6.45) is 0. The van der Waals surface area contributed by atoms with Gasteiger partial charge in [0.05, 0.1) is 5.56 Å². The molecule has 4 heteroatoms. The molecule has 0 heterocycles. The van der Waals surface area contributed by atoms with E-state index in [0.717, 1.165) is 21.3 Å². The SMILES string of the molecule is Cc1ccc(C(C)C)cc1Oc1cccc(Br)c1C(N)=S. The van der Waals surface area contributed by atoms with Crippen molar-refractivity contribution in [2.45, 2.75) is 26.7 Å². The summed E-state index contributed by atoms with van der Waals surface area (Å²) in [5, 5.41) is 0. The molecule has 2 aromatic rings. The van der Waals surface area contributed by atoms with Gasteiger partial charge in [0.2, 0.25) is 0 Å². The number of thiocarbonyl (C=S) groups is 1. The van der Waals surface area contributed by atoms with E-state index in [1.54, 1.807) is 0 Å². The van der Waals surface area contributed by atoms with Crippen LogP contribution in [0.3, 0.4) is 0 Å². The van der Waals surface area contributed by atoms with Crippen molar-refractivity contribution in [1.82, 2.24) is 0 Å². The average molecular weight is 364 g/mol. The zero-order chi connectivity index (χ0) is 15.6. The lowest BCUT2D eigenvalue weighted by Crippen LogP contribution is -2.11. The minimum absolute atomic E-state index is 0.315. The lowest BCUT2D eigenvalue weighted by Gasteiger charge is -2.15. The van der Waals surface area contributed by atoms with Crippen molar-refractivity contribution in [3.05, 3.63) is 57.6 Å². The zero-order valence-corrected chi connectivity index (χ0v) is 14.7. The average Bonchev–Trinajstić information content (AvgIpc) is 2.40. The van der Waals surface area contributed by atoms with Gasteiger partial charge in [-0.25, -0.2) is 0 Å². The molecule has 2 N–H and O–H groups in total. The van der Waals surface area contributed by atoms with E-state index in [-0.39, 0.29) is 0 Å². The summed E-state index contributed by atoms with van der Waals surface area (Å²) >= 11 is 8.59. The van der Waals surface area contributed by atoms with Crippen LogP contribution in [0, 0.1) is 6.92 Å². The number of hydrogen-bond donors (Lipinski definition) is 1. The summed E-state index contributed by atoms with van der Waals surface area (Å²) in [4.78, 5) is 0.315. The van der Waals surface area contributed by atoms with Gasteiger partial charge in [-0.3, -0.25) is 0 Å². The number of aryl methyl sites for hydroxylation is 1. The van der Waals surface area contributed by atoms with Gasteiger partial charge in [0, 0.05) is 4.47 Å². The Labute approximate surface area is 139 Å². The Bertz CT molecular complexity index is 682. The lowest BCUT2D eigenvalue weighted by atomic mass is 10.0. The highest BCUT2D eigenvalue weighted by Crippen LogP contribution is 2.33. The molecule has 0 aliphatic carbocycles. The van der Waals surface area contributed by atoms with Gasteiger partial charge in [-0.1, -0.05) is 44.3 Å². The molecule has 0 spiro atoms. The summed E-state index contributed by atoms with van der Waals surface area (Å²) in [6.45, 7) is 6.35. The number of nitrogens with two attached hydrogens (primary N) is 1. The maximum absolute atomic E-state index is 6.08. The van der Waals surface area contributed by atoms with Gasteiger partial charge in [-0.2, -0.15) is 0 Å². The maximum atomic E-state index is 6.08. The van der Waals surface area contributed by atoms with Gasteiger partial charge in [-0.05, 0) is 58.1 Å². The first kappa shape index (κ1) is 16.0. The fraction of sp³-hybridized carbons (Fsp3) is 0.235. The molecule has 0 saturated heterocycles. The first-order valence-corrected chi connectivity index (χ1v) is 7.97. The van der Waals surface area contributed by atoms with Gasteiger partial charge in [0.15, 0.2) is 0 Å². The van der Waals surface area contributed by atoms with Crippen LogP contribution in [-0.2, 0) is 0 Å². The monoisotopic (exact) mass is 363 g/mol. The molecular weight excluding hydrogens is 346 g/mol. The Hall–Kier alpha value is -1.39. The Kier molecular flexibility index (Phi) is 5.01. The van der Waals surface area contributed by atoms with Crippen molar-refractivity contribution in [3.63, 3.8) is 0 Å². The van der Waals surface area contributed by atoms with Gasteiger partial charge in [-0.15, -0.1) is 0 Å². The van der Waals surface area contributed by atoms with E-state index in [1.165, 1.54) is 5.56 Å². The highest BCUT2D eigenvalue weighted by Gasteiger charge is 2.13. The highest BCUT2D eigenvalue weighted by atomic mass is 79.9. The molecule has 21 heavy (non-hydrogen) atoms. The second-order valence-electron chi connectivity index (χ2n) is 5.26. The van der Waals surface area contributed by atoms with Crippen molar-refractivity contribution >= 4 is 33.1 Å². The van der Waals surface area contributed by atoms with Crippen LogP contribution in [0.1, 0.15) is 36.5 Å². The largest absolute Gasteiger partial charge is 0.456 e. The van der Waals surface area contributed by atoms with Crippen molar-refractivity contribution in [2.24, 2.45) is 5.73 Å². The Balaban J connectivity index is 2.46. The minimum atomic E-state index is 0.315. The summed E-state index contributed by atoms with van der Waals surface area (Å²) in [5.74, 6) is 1.95. The molecule has 0 aliphatic rings. The van der Waals surface area contributed by atoms with Crippen LogP contribution >= 0.6 is 28.1 Å². The molecule has 0 unspecified atom stereocenters. The molecule has 0 fully saturated rings. The van der Waals surface area contributed by atoms with E-state index >= 15 is 0 Å². The molecule has 2 rings (SSSR count). The van der Waals surface area contributed by atoms with Crippen LogP contribution in [0.5, 0.6) is 11.5 Å². The van der Waals surface area contributed by atoms with Crippen molar-refractivity contribution < 1.29 is 4.74 Å². The molecule has 0 radical (unpaired) electrons. The Morgan fingerprint density at radius 2 is 1.90 bits per heavy atom. The number of benzene rings is 2. The van der Waals surface area contributed by atoms with E-state index in [2.05, 4.69) is 48.0 Å². The van der Waals surface area contributed by atoms with Crippen LogP contribution in [0.15, 0.2) is 40.9 Å². The van der Waals surface area contributed by atoms with Crippen LogP contribution in [0.4, 0.5) is 0 Å². The number of ether oxygens (including phenoxy) is 1. The normalized spacial score (nSPS) is 10.7. The molecule has 110 valence electrons. The third-order valence-corrected chi connectivity index (χ3v) is 4.19.